The Morgan fingerprint density at radius 2 is 2.05 bits per heavy atom. The molecule has 5 nitrogen and oxygen atoms in total. The molecule has 1 heterocycles. The van der Waals surface area contributed by atoms with Crippen molar-refractivity contribution in [1.82, 2.24) is 10.2 Å². The molecule has 0 saturated carbocycles. The smallest absolute Gasteiger partial charge is 0.256 e. The molecule has 1 aliphatic heterocycles. The first-order valence-corrected chi connectivity index (χ1v) is 7.44. The van der Waals surface area contributed by atoms with E-state index in [0.717, 1.165) is 0 Å². The zero-order chi connectivity index (χ0) is 15.0. The lowest BCUT2D eigenvalue weighted by molar-refractivity contribution is -0.138. The first-order valence-electron chi connectivity index (χ1n) is 5.60. The van der Waals surface area contributed by atoms with Gasteiger partial charge in [-0.2, -0.15) is 0 Å². The Morgan fingerprint density at radius 1 is 1.40 bits per heavy atom. The predicted octanol–water partition coefficient (Wildman–Crippen LogP) is 2.09. The summed E-state index contributed by atoms with van der Waals surface area (Å²) in [6.07, 6.45) is 0. The minimum absolute atomic E-state index is 0.175. The molecule has 1 atom stereocenters. The number of carbonyl (C=O) groups is 3. The average molecular weight is 427 g/mol. The van der Waals surface area contributed by atoms with Crippen LogP contribution in [0.4, 0.5) is 0 Å². The van der Waals surface area contributed by atoms with Crippen LogP contribution in [0.15, 0.2) is 12.1 Å². The molecule has 1 unspecified atom stereocenters. The maximum atomic E-state index is 12.5. The molecule has 1 aromatic rings. The number of rotatable bonds is 1. The SMILES string of the molecule is CC1C(=O)NC(=O)CN1C(=O)c1cc(Cl)cc(Cl)c1I. The minimum atomic E-state index is -0.728. The number of benzene rings is 1. The van der Waals surface area contributed by atoms with Gasteiger partial charge < -0.3 is 4.90 Å². The van der Waals surface area contributed by atoms with Crippen LogP contribution in [0.3, 0.4) is 0 Å². The first kappa shape index (κ1) is 15.5. The number of nitrogens with one attached hydrogen (secondary N) is 1. The van der Waals surface area contributed by atoms with E-state index in [1.54, 1.807) is 6.92 Å². The Labute approximate surface area is 138 Å². The molecule has 1 fully saturated rings. The van der Waals surface area contributed by atoms with Crippen LogP contribution in [0.5, 0.6) is 0 Å². The van der Waals surface area contributed by atoms with E-state index in [2.05, 4.69) is 5.32 Å². The quantitative estimate of drug-likeness (QED) is 0.424. The van der Waals surface area contributed by atoms with Crippen LogP contribution in [0, 0.1) is 3.57 Å². The van der Waals surface area contributed by atoms with Crippen LogP contribution in [-0.2, 0) is 9.59 Å². The Kier molecular flexibility index (Phi) is 4.55. The number of carbonyl (C=O) groups excluding carboxylic acids is 3. The van der Waals surface area contributed by atoms with Gasteiger partial charge in [0.1, 0.15) is 12.6 Å². The van der Waals surface area contributed by atoms with Gasteiger partial charge >= 0.3 is 0 Å². The van der Waals surface area contributed by atoms with Crippen molar-refractivity contribution in [1.29, 1.82) is 0 Å². The lowest BCUT2D eigenvalue weighted by Crippen LogP contribution is -2.58. The van der Waals surface area contributed by atoms with Gasteiger partial charge in [-0.15, -0.1) is 0 Å². The summed E-state index contributed by atoms with van der Waals surface area (Å²) >= 11 is 13.8. The van der Waals surface area contributed by atoms with Gasteiger partial charge in [0.15, 0.2) is 0 Å². The third-order valence-electron chi connectivity index (χ3n) is 2.91. The molecule has 1 aromatic carbocycles. The third-order valence-corrected chi connectivity index (χ3v) is 4.91. The van der Waals surface area contributed by atoms with Crippen LogP contribution < -0.4 is 5.32 Å². The van der Waals surface area contributed by atoms with E-state index < -0.39 is 23.8 Å². The highest BCUT2D eigenvalue weighted by molar-refractivity contribution is 14.1. The van der Waals surface area contributed by atoms with E-state index in [1.165, 1.54) is 17.0 Å². The Hall–Kier alpha value is -0.860. The summed E-state index contributed by atoms with van der Waals surface area (Å²) in [5.74, 6) is -1.46. The number of nitrogens with zero attached hydrogens (tertiary/aromatic N) is 1. The van der Waals surface area contributed by atoms with E-state index in [4.69, 9.17) is 23.2 Å². The lowest BCUT2D eigenvalue weighted by Gasteiger charge is -2.32. The second-order valence-electron chi connectivity index (χ2n) is 4.27. The Bertz CT molecular complexity index is 621. The van der Waals surface area contributed by atoms with Gasteiger partial charge in [-0.25, -0.2) is 0 Å². The number of imide groups is 1. The van der Waals surface area contributed by atoms with Crippen molar-refractivity contribution in [2.24, 2.45) is 0 Å². The summed E-state index contributed by atoms with van der Waals surface area (Å²) in [7, 11) is 0. The van der Waals surface area contributed by atoms with Gasteiger partial charge in [-0.3, -0.25) is 19.7 Å². The van der Waals surface area contributed by atoms with E-state index in [1.807, 2.05) is 22.6 Å². The van der Waals surface area contributed by atoms with Gasteiger partial charge in [0, 0.05) is 8.59 Å². The number of hydrogen-bond donors (Lipinski definition) is 1. The van der Waals surface area contributed by atoms with Crippen molar-refractivity contribution in [3.8, 4) is 0 Å². The fourth-order valence-electron chi connectivity index (χ4n) is 1.83. The van der Waals surface area contributed by atoms with Gasteiger partial charge in [0.2, 0.25) is 11.8 Å². The van der Waals surface area contributed by atoms with Crippen molar-refractivity contribution in [2.45, 2.75) is 13.0 Å². The summed E-state index contributed by atoms with van der Waals surface area (Å²) in [4.78, 5) is 36.7. The summed E-state index contributed by atoms with van der Waals surface area (Å²) in [5.41, 5.74) is 0.275. The third kappa shape index (κ3) is 2.91. The van der Waals surface area contributed by atoms with E-state index in [-0.39, 0.29) is 12.1 Å². The largest absolute Gasteiger partial charge is 0.318 e. The lowest BCUT2D eigenvalue weighted by atomic mass is 10.1. The van der Waals surface area contributed by atoms with E-state index in [9.17, 15) is 14.4 Å². The fourth-order valence-corrected chi connectivity index (χ4v) is 2.86. The topological polar surface area (TPSA) is 66.5 Å². The molecule has 2 rings (SSSR count). The monoisotopic (exact) mass is 426 g/mol. The zero-order valence-corrected chi connectivity index (χ0v) is 13.9. The highest BCUT2D eigenvalue weighted by Crippen LogP contribution is 2.28. The first-order chi connectivity index (χ1) is 9.31. The summed E-state index contributed by atoms with van der Waals surface area (Å²) in [6.45, 7) is 1.38. The van der Waals surface area contributed by atoms with Gasteiger partial charge in [0.25, 0.3) is 5.91 Å². The molecule has 0 spiro atoms. The summed E-state index contributed by atoms with van der Waals surface area (Å²) in [6, 6.07) is 2.27. The van der Waals surface area contributed by atoms with Crippen molar-refractivity contribution in [2.75, 3.05) is 6.54 Å². The normalized spacial score (nSPS) is 19.0. The van der Waals surface area contributed by atoms with Crippen molar-refractivity contribution < 1.29 is 14.4 Å². The second kappa shape index (κ2) is 5.87. The Morgan fingerprint density at radius 3 is 2.70 bits per heavy atom. The summed E-state index contributed by atoms with van der Waals surface area (Å²) in [5, 5.41) is 2.84. The summed E-state index contributed by atoms with van der Waals surface area (Å²) < 4.78 is 0.532. The highest BCUT2D eigenvalue weighted by atomic mass is 127. The van der Waals surface area contributed by atoms with E-state index >= 15 is 0 Å². The van der Waals surface area contributed by atoms with Gasteiger partial charge in [0.05, 0.1) is 10.6 Å². The van der Waals surface area contributed by atoms with Crippen molar-refractivity contribution in [3.63, 3.8) is 0 Å². The van der Waals surface area contributed by atoms with Gasteiger partial charge in [-0.1, -0.05) is 23.2 Å². The second-order valence-corrected chi connectivity index (χ2v) is 6.19. The maximum absolute atomic E-state index is 12.5. The number of halogens is 3. The molecule has 3 amide bonds. The molecule has 1 aliphatic rings. The van der Waals surface area contributed by atoms with Crippen LogP contribution in [0.2, 0.25) is 10.0 Å². The molecule has 0 bridgehead atoms. The van der Waals surface area contributed by atoms with Gasteiger partial charge in [-0.05, 0) is 41.6 Å². The van der Waals surface area contributed by atoms with Crippen LogP contribution >= 0.6 is 45.8 Å². The molecular weight excluding hydrogens is 418 g/mol. The number of hydrogen-bond acceptors (Lipinski definition) is 3. The average Bonchev–Trinajstić information content (AvgIpc) is 2.37. The highest BCUT2D eigenvalue weighted by Gasteiger charge is 2.34. The predicted molar refractivity (Wildman–Crippen MR) is 82.8 cm³/mol. The molecule has 1 saturated heterocycles. The van der Waals surface area contributed by atoms with Crippen molar-refractivity contribution >= 4 is 63.5 Å². The van der Waals surface area contributed by atoms with Crippen LogP contribution in [-0.4, -0.2) is 35.2 Å². The minimum Gasteiger partial charge on any atom is -0.318 e. The number of amides is 3. The molecule has 106 valence electrons. The molecule has 0 aliphatic carbocycles. The Balaban J connectivity index is 2.40. The standard InChI is InChI=1S/C12H9Cl2IN2O3/c1-5-11(19)16-9(18)4-17(5)12(20)7-2-6(13)3-8(14)10(7)15/h2-3,5H,4H2,1H3,(H,16,18,19). The molecule has 0 radical (unpaired) electrons. The zero-order valence-electron chi connectivity index (χ0n) is 10.2. The number of piperazine rings is 1. The molecule has 8 heteroatoms. The molecule has 0 aromatic heterocycles. The molecule has 1 N–H and O–H groups in total. The van der Waals surface area contributed by atoms with E-state index in [0.29, 0.717) is 13.6 Å². The van der Waals surface area contributed by atoms with Crippen LogP contribution in [0.25, 0.3) is 0 Å². The fraction of sp³-hybridized carbons (Fsp3) is 0.250. The van der Waals surface area contributed by atoms with Crippen LogP contribution in [0.1, 0.15) is 17.3 Å². The maximum Gasteiger partial charge on any atom is 0.256 e. The van der Waals surface area contributed by atoms with Crippen molar-refractivity contribution in [3.05, 3.63) is 31.3 Å². The molecular formula is C12H9Cl2IN2O3. The molecule has 20 heavy (non-hydrogen) atoms.